The summed E-state index contributed by atoms with van der Waals surface area (Å²) in [5, 5.41) is 8.51. The van der Waals surface area contributed by atoms with Crippen LogP contribution in [0.5, 0.6) is 0 Å². The summed E-state index contributed by atoms with van der Waals surface area (Å²) in [4.78, 5) is 27.0. The molecule has 1 amide bonds. The Bertz CT molecular complexity index is 887. The first-order valence-electron chi connectivity index (χ1n) is 9.85. The molecule has 1 aliphatic carbocycles. The Balaban J connectivity index is 1.40. The van der Waals surface area contributed by atoms with Gasteiger partial charge in [0.1, 0.15) is 11.3 Å². The highest BCUT2D eigenvalue weighted by Crippen LogP contribution is 2.23. The van der Waals surface area contributed by atoms with Gasteiger partial charge in [-0.15, -0.1) is 0 Å². The largest absolute Gasteiger partial charge is 0.361 e. The zero-order chi connectivity index (χ0) is 19.0. The first-order chi connectivity index (χ1) is 13.0. The number of carbonyl (C=O) groups is 1. The van der Waals surface area contributed by atoms with Crippen LogP contribution in [0.15, 0.2) is 15.4 Å². The van der Waals surface area contributed by atoms with Gasteiger partial charge in [-0.1, -0.05) is 5.16 Å². The van der Waals surface area contributed by atoms with Crippen LogP contribution in [0.4, 0.5) is 0 Å². The Morgan fingerprint density at radius 3 is 2.67 bits per heavy atom. The number of hydrogen-bond donors (Lipinski definition) is 0. The van der Waals surface area contributed by atoms with Crippen molar-refractivity contribution in [1.29, 1.82) is 0 Å². The molecular formula is C20H26N4O3. The van der Waals surface area contributed by atoms with Gasteiger partial charge in [0.25, 0.3) is 11.5 Å². The quantitative estimate of drug-likeness (QED) is 0.828. The monoisotopic (exact) mass is 370 g/mol. The van der Waals surface area contributed by atoms with Crippen LogP contribution in [0.2, 0.25) is 0 Å². The van der Waals surface area contributed by atoms with Crippen LogP contribution in [-0.4, -0.2) is 38.8 Å². The van der Waals surface area contributed by atoms with Crippen LogP contribution in [0.3, 0.4) is 0 Å². The van der Waals surface area contributed by atoms with E-state index in [0.29, 0.717) is 42.6 Å². The molecular weight excluding hydrogens is 344 g/mol. The normalized spacial score (nSPS) is 17.8. The highest BCUT2D eigenvalue weighted by atomic mass is 16.5. The minimum atomic E-state index is -0.00577. The summed E-state index contributed by atoms with van der Waals surface area (Å²) in [7, 11) is 0. The summed E-state index contributed by atoms with van der Waals surface area (Å²) in [6, 6.07) is 1.78. The second-order valence-electron chi connectivity index (χ2n) is 7.78. The Kier molecular flexibility index (Phi) is 4.85. The maximum Gasteiger partial charge on any atom is 0.267 e. The van der Waals surface area contributed by atoms with Crippen LogP contribution in [0.25, 0.3) is 0 Å². The standard InChI is InChI=1S/C20H26N4O3/c1-13-19(14(2)27-22-13)20(26)23-9-7-15(8-10-23)12-24-18(25)11-16-5-3-4-6-17(16)21-24/h11,15H,3-10,12H2,1-2H3. The molecule has 1 aliphatic heterocycles. The van der Waals surface area contributed by atoms with Gasteiger partial charge < -0.3 is 9.42 Å². The Morgan fingerprint density at radius 2 is 1.96 bits per heavy atom. The number of amides is 1. The van der Waals surface area contributed by atoms with Crippen LogP contribution in [-0.2, 0) is 19.4 Å². The molecule has 0 aromatic carbocycles. The molecule has 1 saturated heterocycles. The lowest BCUT2D eigenvalue weighted by molar-refractivity contribution is 0.0678. The molecule has 144 valence electrons. The van der Waals surface area contributed by atoms with Crippen LogP contribution < -0.4 is 5.56 Å². The molecule has 0 atom stereocenters. The summed E-state index contributed by atoms with van der Waals surface area (Å²) in [6.45, 7) is 5.58. The van der Waals surface area contributed by atoms with E-state index in [2.05, 4.69) is 10.3 Å². The number of aromatic nitrogens is 3. The third-order valence-corrected chi connectivity index (χ3v) is 5.85. The van der Waals surface area contributed by atoms with E-state index in [0.717, 1.165) is 49.8 Å². The number of aryl methyl sites for hydroxylation is 4. The summed E-state index contributed by atoms with van der Waals surface area (Å²) in [6.07, 6.45) is 6.00. The second-order valence-corrected chi connectivity index (χ2v) is 7.78. The molecule has 0 unspecified atom stereocenters. The number of piperidine rings is 1. The lowest BCUT2D eigenvalue weighted by atomic mass is 9.95. The average Bonchev–Trinajstić information content (AvgIpc) is 3.01. The second kappa shape index (κ2) is 7.29. The third kappa shape index (κ3) is 3.55. The summed E-state index contributed by atoms with van der Waals surface area (Å²) in [5.41, 5.74) is 3.45. The number of nitrogens with zero attached hydrogens (tertiary/aromatic N) is 4. The van der Waals surface area contributed by atoms with E-state index < -0.39 is 0 Å². The summed E-state index contributed by atoms with van der Waals surface area (Å²) in [5.74, 6) is 0.934. The van der Waals surface area contributed by atoms with Crippen molar-refractivity contribution in [1.82, 2.24) is 19.8 Å². The lowest BCUT2D eigenvalue weighted by Crippen LogP contribution is -2.40. The molecule has 0 bridgehead atoms. The van der Waals surface area contributed by atoms with Crippen molar-refractivity contribution in [2.45, 2.75) is 58.9 Å². The molecule has 7 heteroatoms. The van der Waals surface area contributed by atoms with Gasteiger partial charge in [-0.05, 0) is 63.9 Å². The minimum absolute atomic E-state index is 0.00452. The molecule has 2 aromatic rings. The van der Waals surface area contributed by atoms with Gasteiger partial charge >= 0.3 is 0 Å². The first kappa shape index (κ1) is 17.9. The molecule has 0 spiro atoms. The predicted octanol–water partition coefficient (Wildman–Crippen LogP) is 2.28. The molecule has 7 nitrogen and oxygen atoms in total. The third-order valence-electron chi connectivity index (χ3n) is 5.85. The van der Waals surface area contributed by atoms with Crippen molar-refractivity contribution in [3.05, 3.63) is 44.7 Å². The van der Waals surface area contributed by atoms with Crippen molar-refractivity contribution in [3.8, 4) is 0 Å². The summed E-state index contributed by atoms with van der Waals surface area (Å²) < 4.78 is 6.76. The fourth-order valence-electron chi connectivity index (χ4n) is 4.24. The highest BCUT2D eigenvalue weighted by molar-refractivity contribution is 5.96. The molecule has 3 heterocycles. The number of fused-ring (bicyclic) bond motifs is 1. The van der Waals surface area contributed by atoms with E-state index in [4.69, 9.17) is 4.52 Å². The van der Waals surface area contributed by atoms with Crippen molar-refractivity contribution < 1.29 is 9.32 Å². The molecule has 0 N–H and O–H groups in total. The average molecular weight is 370 g/mol. The maximum absolute atomic E-state index is 12.7. The van der Waals surface area contributed by atoms with Crippen molar-refractivity contribution >= 4 is 5.91 Å². The van der Waals surface area contributed by atoms with Crippen molar-refractivity contribution in [3.63, 3.8) is 0 Å². The van der Waals surface area contributed by atoms with Gasteiger partial charge in [-0.2, -0.15) is 5.10 Å². The molecule has 4 rings (SSSR count). The number of hydrogen-bond acceptors (Lipinski definition) is 5. The van der Waals surface area contributed by atoms with Gasteiger partial charge in [0.2, 0.25) is 0 Å². The van der Waals surface area contributed by atoms with Crippen LogP contribution in [0.1, 0.15) is 58.8 Å². The summed E-state index contributed by atoms with van der Waals surface area (Å²) >= 11 is 0. The van der Waals surface area contributed by atoms with Gasteiger partial charge in [-0.3, -0.25) is 9.59 Å². The maximum atomic E-state index is 12.7. The highest BCUT2D eigenvalue weighted by Gasteiger charge is 2.28. The van der Waals surface area contributed by atoms with Crippen LogP contribution in [0, 0.1) is 19.8 Å². The van der Waals surface area contributed by atoms with E-state index in [1.54, 1.807) is 24.6 Å². The van der Waals surface area contributed by atoms with Gasteiger partial charge in [0.05, 0.1) is 11.4 Å². The first-order valence-corrected chi connectivity index (χ1v) is 9.85. The van der Waals surface area contributed by atoms with E-state index >= 15 is 0 Å². The van der Waals surface area contributed by atoms with Crippen molar-refractivity contribution in [2.75, 3.05) is 13.1 Å². The molecule has 1 fully saturated rings. The van der Waals surface area contributed by atoms with E-state index in [9.17, 15) is 9.59 Å². The SMILES string of the molecule is Cc1noc(C)c1C(=O)N1CCC(Cn2nc3c(cc2=O)CCCC3)CC1. The molecule has 0 radical (unpaired) electrons. The number of carbonyl (C=O) groups excluding carboxylic acids is 1. The zero-order valence-corrected chi connectivity index (χ0v) is 16.0. The number of likely N-dealkylation sites (tertiary alicyclic amines) is 1. The Hall–Kier alpha value is -2.44. The fraction of sp³-hybridized carbons (Fsp3) is 0.600. The van der Waals surface area contributed by atoms with E-state index in [1.165, 1.54) is 0 Å². The van der Waals surface area contributed by atoms with E-state index in [1.807, 2.05) is 4.90 Å². The molecule has 0 saturated carbocycles. The molecule has 27 heavy (non-hydrogen) atoms. The number of rotatable bonds is 3. The Morgan fingerprint density at radius 1 is 1.22 bits per heavy atom. The molecule has 2 aliphatic rings. The lowest BCUT2D eigenvalue weighted by Gasteiger charge is -2.32. The predicted molar refractivity (Wildman–Crippen MR) is 99.7 cm³/mol. The smallest absolute Gasteiger partial charge is 0.267 e. The topological polar surface area (TPSA) is 81.2 Å². The molecule has 2 aromatic heterocycles. The van der Waals surface area contributed by atoms with E-state index in [-0.39, 0.29) is 11.5 Å². The Labute approximate surface area is 158 Å². The van der Waals surface area contributed by atoms with Crippen molar-refractivity contribution in [2.24, 2.45) is 5.92 Å². The van der Waals surface area contributed by atoms with Gasteiger partial charge in [-0.25, -0.2) is 4.68 Å². The van der Waals surface area contributed by atoms with Gasteiger partial charge in [0, 0.05) is 25.7 Å². The fourth-order valence-corrected chi connectivity index (χ4v) is 4.24. The van der Waals surface area contributed by atoms with Gasteiger partial charge in [0.15, 0.2) is 0 Å². The minimum Gasteiger partial charge on any atom is -0.361 e. The zero-order valence-electron chi connectivity index (χ0n) is 16.0. The van der Waals surface area contributed by atoms with Crippen LogP contribution >= 0.6 is 0 Å².